The summed E-state index contributed by atoms with van der Waals surface area (Å²) in [5.41, 5.74) is 4.36. The molecular weight excluding hydrogens is 288 g/mol. The Labute approximate surface area is 140 Å². The van der Waals surface area contributed by atoms with Gasteiger partial charge in [-0.2, -0.15) is 0 Å². The van der Waals surface area contributed by atoms with Crippen molar-refractivity contribution < 1.29 is 15.3 Å². The van der Waals surface area contributed by atoms with Gasteiger partial charge >= 0.3 is 0 Å². The Morgan fingerprint density at radius 3 is 2.48 bits per heavy atom. The van der Waals surface area contributed by atoms with Gasteiger partial charge < -0.3 is 15.3 Å². The summed E-state index contributed by atoms with van der Waals surface area (Å²) in [5, 5.41) is 29.3. The van der Waals surface area contributed by atoms with Crippen LogP contribution in [-0.4, -0.2) is 28.0 Å². The Balaban J connectivity index is 2.98. The number of rotatable bonds is 2. The minimum Gasteiger partial charge on any atom is -0.516 e. The van der Waals surface area contributed by atoms with Crippen molar-refractivity contribution >= 4 is 0 Å². The highest BCUT2D eigenvalue weighted by Crippen LogP contribution is 2.26. The smallest absolute Gasteiger partial charge is 0.0789 e. The minimum absolute atomic E-state index is 0.0511. The van der Waals surface area contributed by atoms with Crippen LogP contribution in [0.15, 0.2) is 46.8 Å². The van der Waals surface area contributed by atoms with Crippen molar-refractivity contribution in [3.63, 3.8) is 0 Å². The summed E-state index contributed by atoms with van der Waals surface area (Å²) in [7, 11) is 0. The molecule has 1 aliphatic carbocycles. The van der Waals surface area contributed by atoms with Gasteiger partial charge in [-0.05, 0) is 70.4 Å². The van der Waals surface area contributed by atoms with Crippen LogP contribution in [0.25, 0.3) is 0 Å². The molecule has 0 radical (unpaired) electrons. The standard InChI is InChI=1S/C20H32O3/c1-15-6-4-8-18(14-22)9-5-7-16(2)12-20(23)19(11-10-15)17(3)13-21/h6,9,12-13,19-23H,4-5,7-8,10-11,14H2,1-3H3/b15-6+,16-12+,17-13+,18-9+/t19-,20+/m0/s1. The molecular formula is C20H32O3. The highest BCUT2D eigenvalue weighted by molar-refractivity contribution is 5.14. The molecule has 0 heterocycles. The molecule has 1 rings (SSSR count). The van der Waals surface area contributed by atoms with Crippen LogP contribution in [-0.2, 0) is 0 Å². The zero-order valence-corrected chi connectivity index (χ0v) is 14.8. The molecule has 130 valence electrons. The van der Waals surface area contributed by atoms with E-state index in [0.29, 0.717) is 0 Å². The lowest BCUT2D eigenvalue weighted by atomic mass is 9.87. The van der Waals surface area contributed by atoms with Crippen molar-refractivity contribution in [2.45, 2.75) is 65.4 Å². The van der Waals surface area contributed by atoms with Gasteiger partial charge in [0.25, 0.3) is 0 Å². The summed E-state index contributed by atoms with van der Waals surface area (Å²) in [4.78, 5) is 0. The molecule has 1 aliphatic rings. The molecule has 0 unspecified atom stereocenters. The van der Waals surface area contributed by atoms with E-state index >= 15 is 0 Å². The molecule has 3 N–H and O–H groups in total. The third kappa shape index (κ3) is 7.19. The van der Waals surface area contributed by atoms with Crippen molar-refractivity contribution in [1.82, 2.24) is 0 Å². The zero-order chi connectivity index (χ0) is 17.2. The van der Waals surface area contributed by atoms with E-state index in [1.54, 1.807) is 0 Å². The zero-order valence-electron chi connectivity index (χ0n) is 14.8. The Bertz CT molecular complexity index is 483. The van der Waals surface area contributed by atoms with Gasteiger partial charge in [-0.25, -0.2) is 0 Å². The lowest BCUT2D eigenvalue weighted by Crippen LogP contribution is -2.20. The lowest BCUT2D eigenvalue weighted by Gasteiger charge is -2.22. The van der Waals surface area contributed by atoms with Crippen LogP contribution in [0.1, 0.15) is 59.3 Å². The average Bonchev–Trinajstić information content (AvgIpc) is 2.52. The molecule has 0 aromatic heterocycles. The van der Waals surface area contributed by atoms with Crippen molar-refractivity contribution in [1.29, 1.82) is 0 Å². The molecule has 0 aliphatic heterocycles. The first-order valence-electron chi connectivity index (χ1n) is 8.58. The topological polar surface area (TPSA) is 60.7 Å². The van der Waals surface area contributed by atoms with E-state index < -0.39 is 6.10 Å². The van der Waals surface area contributed by atoms with Crippen LogP contribution >= 0.6 is 0 Å². The number of aliphatic hydroxyl groups excluding tert-OH is 3. The summed E-state index contributed by atoms with van der Waals surface area (Å²) >= 11 is 0. The second-order valence-electron chi connectivity index (χ2n) is 6.67. The van der Waals surface area contributed by atoms with Crippen LogP contribution in [0.5, 0.6) is 0 Å². The fourth-order valence-electron chi connectivity index (χ4n) is 2.99. The first kappa shape index (κ1) is 19.7. The molecule has 0 aromatic rings. The summed E-state index contributed by atoms with van der Waals surface area (Å²) in [6, 6.07) is 0. The van der Waals surface area contributed by atoms with Crippen molar-refractivity contribution in [3.8, 4) is 0 Å². The maximum Gasteiger partial charge on any atom is 0.0789 e. The predicted octanol–water partition coefficient (Wildman–Crippen LogP) is 4.59. The molecule has 0 fully saturated rings. The van der Waals surface area contributed by atoms with Crippen LogP contribution in [0.2, 0.25) is 0 Å². The maximum atomic E-state index is 10.5. The third-order valence-corrected chi connectivity index (χ3v) is 4.64. The lowest BCUT2D eigenvalue weighted by molar-refractivity contribution is 0.162. The second-order valence-corrected chi connectivity index (χ2v) is 6.67. The van der Waals surface area contributed by atoms with E-state index in [-0.39, 0.29) is 12.5 Å². The summed E-state index contributed by atoms with van der Waals surface area (Å²) in [6.45, 7) is 6.13. The van der Waals surface area contributed by atoms with Gasteiger partial charge in [0, 0.05) is 5.92 Å². The third-order valence-electron chi connectivity index (χ3n) is 4.64. The van der Waals surface area contributed by atoms with E-state index in [9.17, 15) is 15.3 Å². The van der Waals surface area contributed by atoms with Gasteiger partial charge in [-0.15, -0.1) is 0 Å². The normalized spacial score (nSPS) is 32.7. The Morgan fingerprint density at radius 2 is 1.83 bits per heavy atom. The van der Waals surface area contributed by atoms with Gasteiger partial charge in [0.2, 0.25) is 0 Å². The van der Waals surface area contributed by atoms with E-state index in [4.69, 9.17) is 0 Å². The Kier molecular flexibility index (Phi) is 8.97. The minimum atomic E-state index is -0.574. The predicted molar refractivity (Wildman–Crippen MR) is 96.3 cm³/mol. The number of hydrogen-bond acceptors (Lipinski definition) is 3. The summed E-state index contributed by atoms with van der Waals surface area (Å²) in [6.07, 6.45) is 12.1. The molecule has 23 heavy (non-hydrogen) atoms. The second kappa shape index (κ2) is 10.5. The van der Waals surface area contributed by atoms with Crippen molar-refractivity contribution in [2.24, 2.45) is 5.92 Å². The molecule has 3 nitrogen and oxygen atoms in total. The van der Waals surface area contributed by atoms with Crippen molar-refractivity contribution in [3.05, 3.63) is 46.8 Å². The monoisotopic (exact) mass is 320 g/mol. The first-order valence-corrected chi connectivity index (χ1v) is 8.58. The number of aliphatic hydroxyl groups is 3. The van der Waals surface area contributed by atoms with Gasteiger partial charge in [0.05, 0.1) is 19.0 Å². The molecule has 2 atom stereocenters. The van der Waals surface area contributed by atoms with E-state index in [1.165, 1.54) is 5.57 Å². The first-order chi connectivity index (χ1) is 11.0. The van der Waals surface area contributed by atoms with Crippen molar-refractivity contribution in [2.75, 3.05) is 6.61 Å². The van der Waals surface area contributed by atoms with E-state index in [1.807, 2.05) is 19.9 Å². The van der Waals surface area contributed by atoms with Gasteiger partial charge in [0.15, 0.2) is 0 Å². The fraction of sp³-hybridized carbons (Fsp3) is 0.600. The molecule has 0 spiro atoms. The number of allylic oxidation sites excluding steroid dienone is 4. The maximum absolute atomic E-state index is 10.5. The SMILES string of the molecule is C/C1=C\[C@@H](O)[C@H](/C(C)=C/O)CC/C(C)=C/CC/C(CO)=C\CC1. The largest absolute Gasteiger partial charge is 0.516 e. The van der Waals surface area contributed by atoms with E-state index in [2.05, 4.69) is 19.1 Å². The average molecular weight is 320 g/mol. The Hall–Kier alpha value is -1.32. The van der Waals surface area contributed by atoms with Gasteiger partial charge in [-0.1, -0.05) is 29.4 Å². The highest BCUT2D eigenvalue weighted by atomic mass is 16.3. The molecule has 0 aromatic carbocycles. The van der Waals surface area contributed by atoms with Crippen LogP contribution in [0.3, 0.4) is 0 Å². The van der Waals surface area contributed by atoms with E-state index in [0.717, 1.165) is 61.5 Å². The highest BCUT2D eigenvalue weighted by Gasteiger charge is 2.19. The summed E-state index contributed by atoms with van der Waals surface area (Å²) < 4.78 is 0. The van der Waals surface area contributed by atoms with Gasteiger partial charge in [0.1, 0.15) is 0 Å². The van der Waals surface area contributed by atoms with Crippen LogP contribution < -0.4 is 0 Å². The quantitative estimate of drug-likeness (QED) is 0.515. The molecule has 3 heteroatoms. The number of hydrogen-bond donors (Lipinski definition) is 3. The molecule has 0 saturated carbocycles. The molecule has 0 saturated heterocycles. The van der Waals surface area contributed by atoms with Gasteiger partial charge in [-0.3, -0.25) is 0 Å². The van der Waals surface area contributed by atoms with Crippen LogP contribution in [0, 0.1) is 5.92 Å². The fourth-order valence-corrected chi connectivity index (χ4v) is 2.99. The molecule has 0 amide bonds. The Morgan fingerprint density at radius 1 is 1.13 bits per heavy atom. The van der Waals surface area contributed by atoms with Crippen LogP contribution in [0.4, 0.5) is 0 Å². The molecule has 0 bridgehead atoms. The summed E-state index contributed by atoms with van der Waals surface area (Å²) in [5.74, 6) is -0.0511.